The number of thioether (sulfide) groups is 1. The van der Waals surface area contributed by atoms with Crippen LogP contribution in [0.1, 0.15) is 15.9 Å². The van der Waals surface area contributed by atoms with Crippen molar-refractivity contribution in [3.8, 4) is 0 Å². The van der Waals surface area contributed by atoms with Gasteiger partial charge in [0.15, 0.2) is 0 Å². The van der Waals surface area contributed by atoms with Gasteiger partial charge in [0, 0.05) is 32.9 Å². The number of rotatable bonds is 4. The lowest BCUT2D eigenvalue weighted by Crippen LogP contribution is -2.34. The lowest BCUT2D eigenvalue weighted by atomic mass is 10.1. The van der Waals surface area contributed by atoms with Crippen LogP contribution in [-0.4, -0.2) is 22.6 Å². The molecule has 6 rings (SSSR count). The van der Waals surface area contributed by atoms with Gasteiger partial charge >= 0.3 is 0 Å². The zero-order valence-electron chi connectivity index (χ0n) is 17.5. The second kappa shape index (κ2) is 7.86. The van der Waals surface area contributed by atoms with E-state index in [2.05, 4.69) is 10.3 Å². The van der Waals surface area contributed by atoms with Crippen LogP contribution >= 0.6 is 11.8 Å². The number of aromatic amines is 1. The molecule has 0 spiro atoms. The summed E-state index contributed by atoms with van der Waals surface area (Å²) in [5.74, 6) is 0.210. The van der Waals surface area contributed by atoms with Gasteiger partial charge < -0.3 is 19.6 Å². The highest BCUT2D eigenvalue weighted by molar-refractivity contribution is 8.00. The highest BCUT2D eigenvalue weighted by Crippen LogP contribution is 2.37. The van der Waals surface area contributed by atoms with E-state index in [1.807, 2.05) is 60.7 Å². The second-order valence-corrected chi connectivity index (χ2v) is 8.96. The van der Waals surface area contributed by atoms with Crippen LogP contribution in [-0.2, 0) is 11.3 Å². The van der Waals surface area contributed by atoms with Crippen LogP contribution < -0.4 is 10.2 Å². The minimum Gasteiger partial charge on any atom is -0.464 e. The highest BCUT2D eigenvalue weighted by Gasteiger charge is 2.26. The monoisotopic (exact) mass is 453 g/mol. The number of benzene rings is 3. The number of furan rings is 1. The first-order valence-corrected chi connectivity index (χ1v) is 11.5. The largest absolute Gasteiger partial charge is 0.464 e. The van der Waals surface area contributed by atoms with Crippen molar-refractivity contribution >= 4 is 56.8 Å². The van der Waals surface area contributed by atoms with Crippen LogP contribution in [0, 0.1) is 0 Å². The number of nitrogens with zero attached hydrogens (tertiary/aromatic N) is 1. The molecule has 5 aromatic rings. The zero-order chi connectivity index (χ0) is 22.4. The van der Waals surface area contributed by atoms with Crippen molar-refractivity contribution in [1.82, 2.24) is 4.98 Å². The molecule has 0 saturated heterocycles. The molecule has 7 heteroatoms. The van der Waals surface area contributed by atoms with E-state index in [-0.39, 0.29) is 11.8 Å². The van der Waals surface area contributed by atoms with Crippen LogP contribution in [0.2, 0.25) is 0 Å². The number of aromatic nitrogens is 1. The lowest BCUT2D eigenvalue weighted by molar-refractivity contribution is -0.116. The topological polar surface area (TPSA) is 78.3 Å². The fraction of sp³-hybridized carbons (Fsp3) is 0.0769. The minimum absolute atomic E-state index is 0.0517. The molecule has 0 aliphatic carbocycles. The average Bonchev–Trinajstić information content (AvgIpc) is 3.47. The molecule has 1 aliphatic rings. The number of carbonyl (C=O) groups is 2. The number of H-pyrrole nitrogens is 1. The van der Waals surface area contributed by atoms with E-state index >= 15 is 0 Å². The second-order valence-electron chi connectivity index (χ2n) is 7.95. The molecule has 2 amide bonds. The Hall–Kier alpha value is -3.97. The first-order valence-electron chi connectivity index (χ1n) is 10.6. The maximum absolute atomic E-state index is 13.0. The number of hydrogen-bond donors (Lipinski definition) is 2. The van der Waals surface area contributed by atoms with E-state index in [9.17, 15) is 9.59 Å². The number of hydrogen-bond acceptors (Lipinski definition) is 4. The van der Waals surface area contributed by atoms with Crippen LogP contribution in [0.5, 0.6) is 0 Å². The van der Waals surface area contributed by atoms with Crippen molar-refractivity contribution < 1.29 is 14.0 Å². The Morgan fingerprint density at radius 2 is 2.00 bits per heavy atom. The van der Waals surface area contributed by atoms with Gasteiger partial charge in [-0.05, 0) is 48.0 Å². The molecule has 1 aliphatic heterocycles. The van der Waals surface area contributed by atoms with Gasteiger partial charge in [0.1, 0.15) is 5.58 Å². The summed E-state index contributed by atoms with van der Waals surface area (Å²) in [6, 6.07) is 21.2. The quantitative estimate of drug-likeness (QED) is 0.360. The van der Waals surface area contributed by atoms with E-state index in [0.29, 0.717) is 17.9 Å². The molecule has 0 radical (unpaired) electrons. The molecule has 0 atom stereocenters. The molecule has 0 bridgehead atoms. The summed E-state index contributed by atoms with van der Waals surface area (Å²) in [6.07, 6.45) is 3.46. The van der Waals surface area contributed by atoms with Gasteiger partial charge in [-0.1, -0.05) is 24.3 Å². The Morgan fingerprint density at radius 1 is 1.09 bits per heavy atom. The van der Waals surface area contributed by atoms with E-state index in [1.54, 1.807) is 23.4 Å². The molecule has 2 N–H and O–H groups in total. The SMILES string of the molecule is O=C(Nc1c[nH]c2ccccc12)c1ccc2c(c1)SCC(=O)N2Cc1ccc2occc2c1. The summed E-state index contributed by atoms with van der Waals surface area (Å²) in [7, 11) is 0. The third-order valence-corrected chi connectivity index (χ3v) is 6.89. The summed E-state index contributed by atoms with van der Waals surface area (Å²) in [5, 5.41) is 4.97. The molecule has 0 fully saturated rings. The lowest BCUT2D eigenvalue weighted by Gasteiger charge is -2.29. The Balaban J connectivity index is 1.27. The molecule has 6 nitrogen and oxygen atoms in total. The molecule has 33 heavy (non-hydrogen) atoms. The molecular formula is C26H19N3O3S. The molecule has 3 heterocycles. The number of amides is 2. The third kappa shape index (κ3) is 3.56. The fourth-order valence-corrected chi connectivity index (χ4v) is 5.16. The van der Waals surface area contributed by atoms with Gasteiger partial charge in [-0.25, -0.2) is 0 Å². The summed E-state index contributed by atoms with van der Waals surface area (Å²) >= 11 is 1.46. The summed E-state index contributed by atoms with van der Waals surface area (Å²) in [4.78, 5) is 31.6. The van der Waals surface area contributed by atoms with Gasteiger partial charge in [0.25, 0.3) is 5.91 Å². The molecular weight excluding hydrogens is 434 g/mol. The van der Waals surface area contributed by atoms with Crippen LogP contribution in [0.3, 0.4) is 0 Å². The molecule has 3 aromatic carbocycles. The normalized spacial score (nSPS) is 13.5. The smallest absolute Gasteiger partial charge is 0.255 e. The molecule has 0 saturated carbocycles. The predicted octanol–water partition coefficient (Wildman–Crippen LogP) is 5.81. The van der Waals surface area contributed by atoms with Gasteiger partial charge in [0.2, 0.25) is 5.91 Å². The van der Waals surface area contributed by atoms with Crippen LogP contribution in [0.4, 0.5) is 11.4 Å². The first-order chi connectivity index (χ1) is 16.2. The Labute approximate surface area is 193 Å². The van der Waals surface area contributed by atoms with E-state index in [1.165, 1.54) is 11.8 Å². The average molecular weight is 454 g/mol. The Bertz CT molecular complexity index is 1530. The maximum Gasteiger partial charge on any atom is 0.255 e. The van der Waals surface area contributed by atoms with E-state index in [4.69, 9.17) is 4.42 Å². The van der Waals surface area contributed by atoms with Gasteiger partial charge in [-0.15, -0.1) is 11.8 Å². The minimum atomic E-state index is -0.183. The van der Waals surface area contributed by atoms with Gasteiger partial charge in [-0.3, -0.25) is 9.59 Å². The number of carbonyl (C=O) groups excluding carboxylic acids is 2. The van der Waals surface area contributed by atoms with Crippen molar-refractivity contribution in [2.75, 3.05) is 16.0 Å². The highest BCUT2D eigenvalue weighted by atomic mass is 32.2. The Morgan fingerprint density at radius 3 is 2.94 bits per heavy atom. The maximum atomic E-state index is 13.0. The number of para-hydroxylation sites is 1. The van der Waals surface area contributed by atoms with Gasteiger partial charge in [-0.2, -0.15) is 0 Å². The number of fused-ring (bicyclic) bond motifs is 3. The van der Waals surface area contributed by atoms with Crippen LogP contribution in [0.25, 0.3) is 21.9 Å². The molecule has 162 valence electrons. The number of anilines is 2. The molecule has 2 aromatic heterocycles. The first kappa shape index (κ1) is 19.7. The van der Waals surface area contributed by atoms with Crippen LogP contribution in [0.15, 0.2) is 88.5 Å². The number of nitrogens with one attached hydrogen (secondary N) is 2. The van der Waals surface area contributed by atoms with Crippen molar-refractivity contribution in [3.05, 3.63) is 90.3 Å². The Kier molecular flexibility index (Phi) is 4.69. The summed E-state index contributed by atoms with van der Waals surface area (Å²) < 4.78 is 5.41. The molecule has 0 unspecified atom stereocenters. The van der Waals surface area contributed by atoms with Crippen molar-refractivity contribution in [2.24, 2.45) is 0 Å². The van der Waals surface area contributed by atoms with Crippen molar-refractivity contribution in [1.29, 1.82) is 0 Å². The summed E-state index contributed by atoms with van der Waals surface area (Å²) in [6.45, 7) is 0.467. The van der Waals surface area contributed by atoms with Gasteiger partial charge in [0.05, 0.1) is 29.9 Å². The van der Waals surface area contributed by atoms with E-state index < -0.39 is 0 Å². The zero-order valence-corrected chi connectivity index (χ0v) is 18.3. The third-order valence-electron chi connectivity index (χ3n) is 5.86. The van der Waals surface area contributed by atoms with Crippen molar-refractivity contribution in [2.45, 2.75) is 11.4 Å². The van der Waals surface area contributed by atoms with E-state index in [0.717, 1.165) is 43.7 Å². The van der Waals surface area contributed by atoms with Crippen molar-refractivity contribution in [3.63, 3.8) is 0 Å². The standard InChI is InChI=1S/C26H19N3O3S/c30-25-15-33-24-12-18(26(31)28-21-13-27-20-4-2-1-3-19(20)21)6-7-22(24)29(25)14-16-5-8-23-17(11-16)9-10-32-23/h1-13,27H,14-15H2,(H,28,31). The fourth-order valence-electron chi connectivity index (χ4n) is 4.19. The summed E-state index contributed by atoms with van der Waals surface area (Å²) in [5.41, 5.74) is 4.94. The predicted molar refractivity (Wildman–Crippen MR) is 131 cm³/mol.